The number of carbonyl (C=O) groups is 2. The van der Waals surface area contributed by atoms with Crippen LogP contribution in [-0.4, -0.2) is 23.9 Å². The molecule has 0 aliphatic heterocycles. The molecule has 29 heavy (non-hydrogen) atoms. The lowest BCUT2D eigenvalue weighted by Gasteiger charge is -2.12. The van der Waals surface area contributed by atoms with Crippen LogP contribution in [0.15, 0.2) is 48.5 Å². The van der Waals surface area contributed by atoms with E-state index in [-0.39, 0.29) is 17.9 Å². The number of hydrogen-bond donors (Lipinski definition) is 2. The topological polar surface area (TPSA) is 58.2 Å². The first-order valence-electron chi connectivity index (χ1n) is 10.3. The zero-order valence-electron chi connectivity index (χ0n) is 17.1. The summed E-state index contributed by atoms with van der Waals surface area (Å²) in [7, 11) is 0. The van der Waals surface area contributed by atoms with Crippen molar-refractivity contribution in [1.82, 2.24) is 10.6 Å². The van der Waals surface area contributed by atoms with Crippen LogP contribution in [0, 0.1) is 11.8 Å². The van der Waals surface area contributed by atoms with Gasteiger partial charge >= 0.3 is 0 Å². The first-order valence-corrected chi connectivity index (χ1v) is 10.3. The summed E-state index contributed by atoms with van der Waals surface area (Å²) in [4.78, 5) is 23.4. The average molecular weight is 389 g/mol. The monoisotopic (exact) mass is 388 g/mol. The summed E-state index contributed by atoms with van der Waals surface area (Å²) in [6, 6.07) is 15.9. The normalized spacial score (nSPS) is 14.6. The van der Waals surface area contributed by atoms with E-state index in [1.165, 1.54) is 19.8 Å². The van der Waals surface area contributed by atoms with Crippen molar-refractivity contribution < 1.29 is 9.59 Å². The third kappa shape index (κ3) is 6.50. The van der Waals surface area contributed by atoms with Crippen molar-refractivity contribution in [2.75, 3.05) is 0 Å². The maximum Gasteiger partial charge on any atom is 0.251 e. The second-order valence-electron chi connectivity index (χ2n) is 7.78. The number of carbonyl (C=O) groups excluding carboxylic acids is 2. The Morgan fingerprint density at radius 3 is 2.07 bits per heavy atom. The summed E-state index contributed by atoms with van der Waals surface area (Å²) in [5, 5.41) is 5.99. The summed E-state index contributed by atoms with van der Waals surface area (Å²) in [5.41, 5.74) is 3.66. The van der Waals surface area contributed by atoms with Gasteiger partial charge in [0.15, 0.2) is 0 Å². The average Bonchev–Trinajstić information content (AvgIpc) is 3.20. The molecule has 0 heterocycles. The van der Waals surface area contributed by atoms with Gasteiger partial charge in [-0.15, -0.1) is 0 Å². The summed E-state index contributed by atoms with van der Waals surface area (Å²) in [5.74, 6) is 6.30. The van der Waals surface area contributed by atoms with Crippen molar-refractivity contribution in [3.8, 4) is 11.8 Å². The lowest BCUT2D eigenvalue weighted by atomic mass is 10.0. The molecule has 0 aromatic heterocycles. The number of nitrogens with one attached hydrogen (secondary N) is 2. The zero-order valence-corrected chi connectivity index (χ0v) is 17.1. The van der Waals surface area contributed by atoms with Gasteiger partial charge in [-0.05, 0) is 68.1 Å². The van der Waals surface area contributed by atoms with Gasteiger partial charge < -0.3 is 10.6 Å². The van der Waals surface area contributed by atoms with Crippen LogP contribution in [0.4, 0.5) is 0 Å². The molecule has 1 fully saturated rings. The molecule has 3 rings (SSSR count). The third-order valence-corrected chi connectivity index (χ3v) is 5.13. The molecule has 1 aliphatic carbocycles. The van der Waals surface area contributed by atoms with Crippen LogP contribution in [-0.2, 0) is 11.2 Å². The Labute approximate surface area is 173 Å². The van der Waals surface area contributed by atoms with E-state index in [0.717, 1.165) is 36.0 Å². The molecule has 1 saturated carbocycles. The molecule has 2 amide bonds. The van der Waals surface area contributed by atoms with Crippen LogP contribution in [0.2, 0.25) is 0 Å². The van der Waals surface area contributed by atoms with E-state index in [1.807, 2.05) is 55.5 Å². The molecule has 0 radical (unpaired) electrons. The van der Waals surface area contributed by atoms with Gasteiger partial charge in [-0.3, -0.25) is 9.59 Å². The number of hydrogen-bond acceptors (Lipinski definition) is 2. The standard InChI is InChI=1S/C25H28N2O2/c1-18(26-19(2)28)17-22-11-9-20(10-12-22)7-8-21-13-15-23(16-14-21)25(29)27-24-5-3-4-6-24/h9-16,18,24H,3-6,17H2,1-2H3,(H,26,28)(H,27,29). The Morgan fingerprint density at radius 2 is 1.52 bits per heavy atom. The molecule has 4 nitrogen and oxygen atoms in total. The number of benzene rings is 2. The largest absolute Gasteiger partial charge is 0.354 e. The predicted molar refractivity (Wildman–Crippen MR) is 116 cm³/mol. The van der Waals surface area contributed by atoms with Gasteiger partial charge in [-0.25, -0.2) is 0 Å². The maximum absolute atomic E-state index is 12.3. The Morgan fingerprint density at radius 1 is 0.966 bits per heavy atom. The smallest absolute Gasteiger partial charge is 0.251 e. The minimum absolute atomic E-state index is 0.000453. The van der Waals surface area contributed by atoms with E-state index in [9.17, 15) is 9.59 Å². The maximum atomic E-state index is 12.3. The molecule has 0 spiro atoms. The Bertz CT molecular complexity index is 899. The lowest BCUT2D eigenvalue weighted by Crippen LogP contribution is -2.32. The molecule has 2 N–H and O–H groups in total. The van der Waals surface area contributed by atoms with E-state index in [2.05, 4.69) is 22.5 Å². The molecule has 4 heteroatoms. The highest BCUT2D eigenvalue weighted by molar-refractivity contribution is 5.94. The van der Waals surface area contributed by atoms with Gasteiger partial charge in [-0.1, -0.05) is 36.8 Å². The fourth-order valence-electron chi connectivity index (χ4n) is 3.66. The van der Waals surface area contributed by atoms with Gasteiger partial charge in [-0.2, -0.15) is 0 Å². The summed E-state index contributed by atoms with van der Waals surface area (Å²) in [6.07, 6.45) is 5.36. The molecular formula is C25H28N2O2. The van der Waals surface area contributed by atoms with Crippen molar-refractivity contribution in [2.45, 2.75) is 58.0 Å². The minimum atomic E-state index is -0.0120. The van der Waals surface area contributed by atoms with Crippen molar-refractivity contribution in [2.24, 2.45) is 0 Å². The Kier molecular flexibility index (Phi) is 7.08. The van der Waals surface area contributed by atoms with Gasteiger partial charge in [0.05, 0.1) is 0 Å². The third-order valence-electron chi connectivity index (χ3n) is 5.13. The molecule has 1 unspecified atom stereocenters. The highest BCUT2D eigenvalue weighted by Crippen LogP contribution is 2.18. The van der Waals surface area contributed by atoms with Crippen LogP contribution in [0.25, 0.3) is 0 Å². The SMILES string of the molecule is CC(=O)NC(C)Cc1ccc(C#Cc2ccc(C(=O)NC3CCCC3)cc2)cc1. The molecule has 1 atom stereocenters. The molecule has 1 aliphatic rings. The number of amides is 2. The van der Waals surface area contributed by atoms with E-state index in [1.54, 1.807) is 0 Å². The van der Waals surface area contributed by atoms with Gasteiger partial charge in [0, 0.05) is 35.7 Å². The fourth-order valence-corrected chi connectivity index (χ4v) is 3.66. The summed E-state index contributed by atoms with van der Waals surface area (Å²) in [6.45, 7) is 3.52. The molecule has 0 bridgehead atoms. The van der Waals surface area contributed by atoms with Gasteiger partial charge in [0.1, 0.15) is 0 Å². The van der Waals surface area contributed by atoms with Crippen molar-refractivity contribution >= 4 is 11.8 Å². The van der Waals surface area contributed by atoms with Crippen LogP contribution in [0.5, 0.6) is 0 Å². The van der Waals surface area contributed by atoms with E-state index < -0.39 is 0 Å². The van der Waals surface area contributed by atoms with Crippen LogP contribution >= 0.6 is 0 Å². The van der Waals surface area contributed by atoms with Crippen LogP contribution in [0.1, 0.15) is 66.6 Å². The van der Waals surface area contributed by atoms with Gasteiger partial charge in [0.2, 0.25) is 5.91 Å². The van der Waals surface area contributed by atoms with E-state index in [4.69, 9.17) is 0 Å². The fraction of sp³-hybridized carbons (Fsp3) is 0.360. The molecular weight excluding hydrogens is 360 g/mol. The van der Waals surface area contributed by atoms with Crippen molar-refractivity contribution in [1.29, 1.82) is 0 Å². The molecule has 0 saturated heterocycles. The van der Waals surface area contributed by atoms with Crippen LogP contribution < -0.4 is 10.6 Å². The van der Waals surface area contributed by atoms with Crippen molar-refractivity contribution in [3.05, 3.63) is 70.8 Å². The Hall–Kier alpha value is -3.06. The zero-order chi connectivity index (χ0) is 20.6. The first-order chi connectivity index (χ1) is 14.0. The first kappa shape index (κ1) is 20.7. The van der Waals surface area contributed by atoms with Crippen LogP contribution in [0.3, 0.4) is 0 Å². The molecule has 150 valence electrons. The molecule has 2 aromatic rings. The van der Waals surface area contributed by atoms with E-state index >= 15 is 0 Å². The minimum Gasteiger partial charge on any atom is -0.354 e. The highest BCUT2D eigenvalue weighted by atomic mass is 16.2. The number of rotatable bonds is 5. The molecule has 2 aromatic carbocycles. The summed E-state index contributed by atoms with van der Waals surface area (Å²) < 4.78 is 0. The van der Waals surface area contributed by atoms with Gasteiger partial charge in [0.25, 0.3) is 5.91 Å². The highest BCUT2D eigenvalue weighted by Gasteiger charge is 2.17. The van der Waals surface area contributed by atoms with E-state index in [0.29, 0.717) is 11.6 Å². The summed E-state index contributed by atoms with van der Waals surface area (Å²) >= 11 is 0. The predicted octanol–water partition coefficient (Wildman–Crippen LogP) is 3.83. The Balaban J connectivity index is 1.56. The second-order valence-corrected chi connectivity index (χ2v) is 7.78. The quantitative estimate of drug-likeness (QED) is 0.765. The lowest BCUT2D eigenvalue weighted by molar-refractivity contribution is -0.119. The van der Waals surface area contributed by atoms with Crippen molar-refractivity contribution in [3.63, 3.8) is 0 Å². The second kappa shape index (κ2) is 9.93.